The lowest BCUT2D eigenvalue weighted by atomic mass is 10.4. The molecule has 0 atom stereocenters. The van der Waals surface area contributed by atoms with Crippen LogP contribution in [0.5, 0.6) is 5.88 Å². The maximum atomic E-state index is 5.27. The second-order valence-corrected chi connectivity index (χ2v) is 3.22. The second-order valence-electron chi connectivity index (χ2n) is 2.37. The summed E-state index contributed by atoms with van der Waals surface area (Å²) in [4.78, 5) is 5.50. The van der Waals surface area contributed by atoms with E-state index in [1.807, 2.05) is 32.2 Å². The molecule has 0 aromatic carbocycles. The molecule has 0 fully saturated rings. The number of hydrogen-bond donors (Lipinski definition) is 0. The van der Waals surface area contributed by atoms with Crippen LogP contribution in [-0.4, -0.2) is 17.8 Å². The zero-order chi connectivity index (χ0) is 8.97. The van der Waals surface area contributed by atoms with Crippen LogP contribution in [0.15, 0.2) is 17.0 Å². The van der Waals surface area contributed by atoms with Crippen LogP contribution in [-0.2, 0) is 0 Å². The smallest absolute Gasteiger partial charge is 0.213 e. The van der Waals surface area contributed by atoms with E-state index in [0.29, 0.717) is 12.5 Å². The van der Waals surface area contributed by atoms with Crippen molar-refractivity contribution in [3.63, 3.8) is 0 Å². The first-order valence-electron chi connectivity index (χ1n) is 3.92. The molecule has 66 valence electrons. The van der Waals surface area contributed by atoms with Gasteiger partial charge in [-0.15, -0.1) is 11.8 Å². The van der Waals surface area contributed by atoms with Gasteiger partial charge in [-0.2, -0.15) is 0 Å². The molecule has 1 heterocycles. The maximum Gasteiger partial charge on any atom is 0.213 e. The number of nitrogens with zero attached hydrogens (tertiary/aromatic N) is 1. The zero-order valence-corrected chi connectivity index (χ0v) is 8.44. The summed E-state index contributed by atoms with van der Waals surface area (Å²) in [6, 6.07) is 3.94. The highest BCUT2D eigenvalue weighted by Crippen LogP contribution is 2.20. The van der Waals surface area contributed by atoms with Crippen LogP contribution >= 0.6 is 11.8 Å². The van der Waals surface area contributed by atoms with Gasteiger partial charge in [-0.25, -0.2) is 4.98 Å². The summed E-state index contributed by atoms with van der Waals surface area (Å²) < 4.78 is 5.27. The number of pyridine rings is 1. The van der Waals surface area contributed by atoms with Gasteiger partial charge >= 0.3 is 0 Å². The monoisotopic (exact) mass is 183 g/mol. The Kier molecular flexibility index (Phi) is 3.41. The first-order chi connectivity index (χ1) is 5.77. The topological polar surface area (TPSA) is 22.1 Å². The molecule has 0 bridgehead atoms. The Hall–Kier alpha value is -0.700. The summed E-state index contributed by atoms with van der Waals surface area (Å²) in [5, 5.41) is 0. The molecular formula is C9H13NOS. The highest BCUT2D eigenvalue weighted by molar-refractivity contribution is 7.98. The molecule has 0 aliphatic carbocycles. The van der Waals surface area contributed by atoms with Gasteiger partial charge in [0.1, 0.15) is 0 Å². The van der Waals surface area contributed by atoms with Crippen molar-refractivity contribution < 1.29 is 4.74 Å². The van der Waals surface area contributed by atoms with Gasteiger partial charge < -0.3 is 4.74 Å². The van der Waals surface area contributed by atoms with Gasteiger partial charge in [0.15, 0.2) is 0 Å². The minimum atomic E-state index is 0.672. The largest absolute Gasteiger partial charge is 0.478 e. The van der Waals surface area contributed by atoms with Gasteiger partial charge in [-0.05, 0) is 26.2 Å². The molecule has 0 amide bonds. The number of aryl methyl sites for hydroxylation is 1. The van der Waals surface area contributed by atoms with E-state index in [9.17, 15) is 0 Å². The van der Waals surface area contributed by atoms with Gasteiger partial charge in [-0.3, -0.25) is 0 Å². The van der Waals surface area contributed by atoms with Crippen molar-refractivity contribution in [2.45, 2.75) is 18.7 Å². The van der Waals surface area contributed by atoms with Crippen molar-refractivity contribution >= 4 is 11.8 Å². The predicted molar refractivity (Wildman–Crippen MR) is 51.9 cm³/mol. The minimum absolute atomic E-state index is 0.672. The number of ether oxygens (including phenoxy) is 1. The third-order valence-electron chi connectivity index (χ3n) is 1.52. The average Bonchev–Trinajstić information content (AvgIpc) is 2.05. The first-order valence-corrected chi connectivity index (χ1v) is 5.14. The number of hydrogen-bond acceptors (Lipinski definition) is 3. The van der Waals surface area contributed by atoms with Crippen molar-refractivity contribution in [3.8, 4) is 5.88 Å². The van der Waals surface area contributed by atoms with Crippen molar-refractivity contribution in [1.29, 1.82) is 0 Å². The van der Waals surface area contributed by atoms with Crippen molar-refractivity contribution in [1.82, 2.24) is 4.98 Å². The van der Waals surface area contributed by atoms with Crippen LogP contribution in [0.25, 0.3) is 0 Å². The third-order valence-corrected chi connectivity index (χ3v) is 2.40. The molecule has 0 N–H and O–H groups in total. The molecule has 0 unspecified atom stereocenters. The van der Waals surface area contributed by atoms with E-state index in [4.69, 9.17) is 4.74 Å². The summed E-state index contributed by atoms with van der Waals surface area (Å²) in [6.45, 7) is 4.62. The molecule has 0 saturated heterocycles. The standard InChI is InChI=1S/C9H13NOS/c1-4-11-9-6-5-8(12-3)7(2)10-9/h5-6H,4H2,1-3H3. The summed E-state index contributed by atoms with van der Waals surface area (Å²) in [7, 11) is 0. The van der Waals surface area contributed by atoms with Crippen molar-refractivity contribution in [2.24, 2.45) is 0 Å². The summed E-state index contributed by atoms with van der Waals surface area (Å²) >= 11 is 1.70. The van der Waals surface area contributed by atoms with E-state index in [-0.39, 0.29) is 0 Å². The van der Waals surface area contributed by atoms with E-state index in [1.54, 1.807) is 11.8 Å². The van der Waals surface area contributed by atoms with Crippen LogP contribution in [0.4, 0.5) is 0 Å². The van der Waals surface area contributed by atoms with E-state index < -0.39 is 0 Å². The lowest BCUT2D eigenvalue weighted by molar-refractivity contribution is 0.325. The zero-order valence-electron chi connectivity index (χ0n) is 7.63. The highest BCUT2D eigenvalue weighted by atomic mass is 32.2. The second kappa shape index (κ2) is 4.36. The van der Waals surface area contributed by atoms with Crippen molar-refractivity contribution in [3.05, 3.63) is 17.8 Å². The summed E-state index contributed by atoms with van der Waals surface area (Å²) in [5.74, 6) is 0.716. The average molecular weight is 183 g/mol. The van der Waals surface area contributed by atoms with E-state index in [0.717, 1.165) is 5.69 Å². The van der Waals surface area contributed by atoms with Gasteiger partial charge in [0.05, 0.1) is 12.3 Å². The van der Waals surface area contributed by atoms with Gasteiger partial charge in [-0.1, -0.05) is 0 Å². The summed E-state index contributed by atoms with van der Waals surface area (Å²) in [6.07, 6.45) is 2.05. The molecule has 0 spiro atoms. The van der Waals surface area contributed by atoms with Crippen LogP contribution < -0.4 is 4.74 Å². The molecular weight excluding hydrogens is 170 g/mol. The molecule has 1 aromatic rings. The van der Waals surface area contributed by atoms with E-state index in [1.165, 1.54) is 4.90 Å². The van der Waals surface area contributed by atoms with Crippen LogP contribution in [0, 0.1) is 6.92 Å². The quantitative estimate of drug-likeness (QED) is 0.672. The third kappa shape index (κ3) is 2.14. The lowest BCUT2D eigenvalue weighted by Gasteiger charge is -2.05. The fourth-order valence-electron chi connectivity index (χ4n) is 0.969. The SMILES string of the molecule is CCOc1ccc(SC)c(C)n1. The highest BCUT2D eigenvalue weighted by Gasteiger charge is 1.99. The Morgan fingerprint density at radius 2 is 2.25 bits per heavy atom. The predicted octanol–water partition coefficient (Wildman–Crippen LogP) is 2.51. The number of rotatable bonds is 3. The molecule has 0 aliphatic rings. The fraction of sp³-hybridized carbons (Fsp3) is 0.444. The van der Waals surface area contributed by atoms with Gasteiger partial charge in [0.2, 0.25) is 5.88 Å². The fourth-order valence-corrected chi connectivity index (χ4v) is 1.51. The summed E-state index contributed by atoms with van der Waals surface area (Å²) in [5.41, 5.74) is 1.04. The normalized spacial score (nSPS) is 9.92. The molecule has 12 heavy (non-hydrogen) atoms. The van der Waals surface area contributed by atoms with Crippen LogP contribution in [0.3, 0.4) is 0 Å². The number of thioether (sulfide) groups is 1. The van der Waals surface area contributed by atoms with Crippen LogP contribution in [0.1, 0.15) is 12.6 Å². The molecule has 2 nitrogen and oxygen atoms in total. The van der Waals surface area contributed by atoms with Gasteiger partial charge in [0, 0.05) is 11.0 Å². The van der Waals surface area contributed by atoms with Gasteiger partial charge in [0.25, 0.3) is 0 Å². The minimum Gasteiger partial charge on any atom is -0.478 e. The Labute approximate surface area is 77.3 Å². The van der Waals surface area contributed by atoms with Crippen molar-refractivity contribution in [2.75, 3.05) is 12.9 Å². The Morgan fingerprint density at radius 3 is 2.75 bits per heavy atom. The molecule has 0 aliphatic heterocycles. The Morgan fingerprint density at radius 1 is 1.50 bits per heavy atom. The molecule has 0 saturated carbocycles. The number of aromatic nitrogens is 1. The lowest BCUT2D eigenvalue weighted by Crippen LogP contribution is -1.95. The van der Waals surface area contributed by atoms with E-state index in [2.05, 4.69) is 4.98 Å². The first kappa shape index (κ1) is 9.39. The molecule has 1 rings (SSSR count). The maximum absolute atomic E-state index is 5.27. The Balaban J connectivity index is 2.86. The Bertz CT molecular complexity index is 263. The molecule has 3 heteroatoms. The van der Waals surface area contributed by atoms with Crippen LogP contribution in [0.2, 0.25) is 0 Å². The van der Waals surface area contributed by atoms with E-state index >= 15 is 0 Å². The molecule has 0 radical (unpaired) electrons. The molecule has 1 aromatic heterocycles.